The summed E-state index contributed by atoms with van der Waals surface area (Å²) in [4.78, 5) is 43.4. The molecule has 2 aromatic rings. The van der Waals surface area contributed by atoms with E-state index in [1.165, 1.54) is 24.0 Å². The third-order valence-electron chi connectivity index (χ3n) is 4.18. The first-order valence-electron chi connectivity index (χ1n) is 8.82. The summed E-state index contributed by atoms with van der Waals surface area (Å²) >= 11 is 6.27. The van der Waals surface area contributed by atoms with Crippen LogP contribution in [0.1, 0.15) is 22.8 Å². The highest BCUT2D eigenvalue weighted by molar-refractivity contribution is 6.34. The maximum atomic E-state index is 13.2. The standard InChI is InChI=1S/C20H19ClN2O6/c1-13(25)29-23-11-14-4-2-3-5-18(14)22(12-19(23)26)20(27)16-7-6-15(10-17(16)21)28-9-8-24/h2-7,10,24H,8-9,11-12H2,1H3. The lowest BCUT2D eigenvalue weighted by Gasteiger charge is -2.22. The first-order chi connectivity index (χ1) is 13.9. The van der Waals surface area contributed by atoms with Crippen LogP contribution in [0.5, 0.6) is 5.75 Å². The van der Waals surface area contributed by atoms with E-state index in [-0.39, 0.29) is 36.9 Å². The molecule has 2 amide bonds. The number of carbonyl (C=O) groups is 3. The maximum absolute atomic E-state index is 13.2. The van der Waals surface area contributed by atoms with Crippen LogP contribution in [0, 0.1) is 0 Å². The summed E-state index contributed by atoms with van der Waals surface area (Å²) in [5, 5.41) is 9.94. The number of aliphatic hydroxyl groups is 1. The average Bonchev–Trinajstić information content (AvgIpc) is 2.82. The lowest BCUT2D eigenvalue weighted by Crippen LogP contribution is -2.40. The second kappa shape index (κ2) is 8.93. The second-order valence-corrected chi connectivity index (χ2v) is 6.65. The monoisotopic (exact) mass is 418 g/mol. The average molecular weight is 419 g/mol. The van der Waals surface area contributed by atoms with E-state index >= 15 is 0 Å². The number of ether oxygens (including phenoxy) is 1. The summed E-state index contributed by atoms with van der Waals surface area (Å²) in [5.41, 5.74) is 1.36. The first kappa shape index (κ1) is 20.6. The molecule has 0 spiro atoms. The van der Waals surface area contributed by atoms with E-state index in [4.69, 9.17) is 26.3 Å². The molecule has 0 bridgehead atoms. The number of benzene rings is 2. The van der Waals surface area contributed by atoms with Crippen molar-refractivity contribution in [3.8, 4) is 5.75 Å². The highest BCUT2D eigenvalue weighted by atomic mass is 35.5. The number of nitrogens with zero attached hydrogens (tertiary/aromatic N) is 2. The van der Waals surface area contributed by atoms with E-state index in [2.05, 4.69) is 0 Å². The van der Waals surface area contributed by atoms with Crippen LogP contribution in [0.2, 0.25) is 5.02 Å². The van der Waals surface area contributed by atoms with Crippen LogP contribution >= 0.6 is 11.6 Å². The summed E-state index contributed by atoms with van der Waals surface area (Å²) in [6.07, 6.45) is 0. The Morgan fingerprint density at radius 1 is 1.17 bits per heavy atom. The third-order valence-corrected chi connectivity index (χ3v) is 4.50. The number of anilines is 1. The SMILES string of the molecule is CC(=O)ON1Cc2ccccc2N(C(=O)c2ccc(OCCO)cc2Cl)CC1=O. The zero-order chi connectivity index (χ0) is 21.0. The van der Waals surface area contributed by atoms with Gasteiger partial charge in [-0.05, 0) is 29.8 Å². The van der Waals surface area contributed by atoms with Gasteiger partial charge in [-0.25, -0.2) is 0 Å². The van der Waals surface area contributed by atoms with Gasteiger partial charge in [0.1, 0.15) is 18.9 Å². The van der Waals surface area contributed by atoms with Crippen LogP contribution in [0.4, 0.5) is 5.69 Å². The number of fused-ring (bicyclic) bond motifs is 1. The van der Waals surface area contributed by atoms with Crippen molar-refractivity contribution in [1.82, 2.24) is 5.06 Å². The van der Waals surface area contributed by atoms with E-state index in [0.717, 1.165) is 5.06 Å². The van der Waals surface area contributed by atoms with Crippen molar-refractivity contribution in [1.29, 1.82) is 0 Å². The van der Waals surface area contributed by atoms with Gasteiger partial charge in [0.2, 0.25) is 0 Å². The Labute approximate surface area is 172 Å². The number of hydrogen-bond donors (Lipinski definition) is 1. The fraction of sp³-hybridized carbons (Fsp3) is 0.250. The lowest BCUT2D eigenvalue weighted by atomic mass is 10.1. The van der Waals surface area contributed by atoms with Crippen LogP contribution in [-0.4, -0.2) is 47.7 Å². The molecular formula is C20H19ClN2O6. The topological polar surface area (TPSA) is 96.4 Å². The molecule has 8 nitrogen and oxygen atoms in total. The number of para-hydroxylation sites is 1. The van der Waals surface area contributed by atoms with Gasteiger partial charge in [0.25, 0.3) is 11.8 Å². The third kappa shape index (κ3) is 4.67. The van der Waals surface area contributed by atoms with Crippen molar-refractivity contribution in [3.63, 3.8) is 0 Å². The summed E-state index contributed by atoms with van der Waals surface area (Å²) in [7, 11) is 0. The van der Waals surface area contributed by atoms with E-state index < -0.39 is 17.8 Å². The normalized spacial score (nSPS) is 13.6. The molecule has 0 radical (unpaired) electrons. The van der Waals surface area contributed by atoms with Crippen molar-refractivity contribution >= 4 is 35.1 Å². The van der Waals surface area contributed by atoms with Gasteiger partial charge < -0.3 is 14.7 Å². The van der Waals surface area contributed by atoms with Gasteiger partial charge in [0, 0.05) is 12.6 Å². The Morgan fingerprint density at radius 3 is 2.62 bits per heavy atom. The molecule has 0 saturated carbocycles. The number of amides is 2. The van der Waals surface area contributed by atoms with Crippen molar-refractivity contribution in [2.45, 2.75) is 13.5 Å². The smallest absolute Gasteiger partial charge is 0.329 e. The quantitative estimate of drug-likeness (QED) is 0.799. The lowest BCUT2D eigenvalue weighted by molar-refractivity contribution is -0.197. The Morgan fingerprint density at radius 2 is 1.93 bits per heavy atom. The van der Waals surface area contributed by atoms with E-state index in [1.54, 1.807) is 30.3 Å². The van der Waals surface area contributed by atoms with E-state index in [1.807, 2.05) is 0 Å². The van der Waals surface area contributed by atoms with Crippen LogP contribution in [0.25, 0.3) is 0 Å². The predicted octanol–water partition coefficient (Wildman–Crippen LogP) is 2.18. The molecule has 0 fully saturated rings. The fourth-order valence-electron chi connectivity index (χ4n) is 2.94. The minimum Gasteiger partial charge on any atom is -0.491 e. The Bertz CT molecular complexity index is 948. The van der Waals surface area contributed by atoms with Crippen molar-refractivity contribution in [2.24, 2.45) is 0 Å². The van der Waals surface area contributed by atoms with Crippen LogP contribution in [-0.2, 0) is 21.0 Å². The molecule has 2 aromatic carbocycles. The molecule has 1 aliphatic heterocycles. The van der Waals surface area contributed by atoms with E-state index in [0.29, 0.717) is 17.0 Å². The van der Waals surface area contributed by atoms with Crippen molar-refractivity contribution < 1.29 is 29.1 Å². The molecule has 0 unspecified atom stereocenters. The highest BCUT2D eigenvalue weighted by Gasteiger charge is 2.32. The van der Waals surface area contributed by atoms with Gasteiger partial charge in [-0.15, -0.1) is 0 Å². The van der Waals surface area contributed by atoms with Gasteiger partial charge >= 0.3 is 5.97 Å². The summed E-state index contributed by atoms with van der Waals surface area (Å²) < 4.78 is 5.29. The minimum atomic E-state index is -0.628. The van der Waals surface area contributed by atoms with Gasteiger partial charge in [-0.2, -0.15) is 5.06 Å². The highest BCUT2D eigenvalue weighted by Crippen LogP contribution is 2.30. The summed E-state index contributed by atoms with van der Waals surface area (Å²) in [5.74, 6) is -1.23. The van der Waals surface area contributed by atoms with Crippen molar-refractivity contribution in [3.05, 3.63) is 58.6 Å². The maximum Gasteiger partial charge on any atom is 0.329 e. The zero-order valence-electron chi connectivity index (χ0n) is 15.6. The van der Waals surface area contributed by atoms with Crippen LogP contribution in [0.15, 0.2) is 42.5 Å². The summed E-state index contributed by atoms with van der Waals surface area (Å²) in [6, 6.07) is 11.5. The molecule has 1 heterocycles. The Balaban J connectivity index is 1.94. The number of halogens is 1. The molecule has 9 heteroatoms. The van der Waals surface area contributed by atoms with Crippen LogP contribution < -0.4 is 9.64 Å². The molecule has 0 saturated heterocycles. The second-order valence-electron chi connectivity index (χ2n) is 6.25. The first-order valence-corrected chi connectivity index (χ1v) is 9.20. The number of aliphatic hydroxyl groups excluding tert-OH is 1. The van der Waals surface area contributed by atoms with Gasteiger partial charge in [-0.3, -0.25) is 19.3 Å². The Kier molecular flexibility index (Phi) is 6.36. The molecule has 3 rings (SSSR count). The number of rotatable bonds is 5. The largest absolute Gasteiger partial charge is 0.491 e. The minimum absolute atomic E-state index is 0.0278. The predicted molar refractivity (Wildman–Crippen MR) is 104 cm³/mol. The summed E-state index contributed by atoms with van der Waals surface area (Å²) in [6.45, 7) is 0.864. The zero-order valence-corrected chi connectivity index (χ0v) is 16.4. The van der Waals surface area contributed by atoms with Gasteiger partial charge in [0.15, 0.2) is 0 Å². The number of hydroxylamine groups is 2. The molecular weight excluding hydrogens is 400 g/mol. The molecule has 0 aromatic heterocycles. The van der Waals surface area contributed by atoms with E-state index in [9.17, 15) is 14.4 Å². The van der Waals surface area contributed by atoms with Crippen LogP contribution in [0.3, 0.4) is 0 Å². The van der Waals surface area contributed by atoms with Gasteiger partial charge in [-0.1, -0.05) is 29.8 Å². The molecule has 1 aliphatic rings. The van der Waals surface area contributed by atoms with Crippen molar-refractivity contribution in [2.75, 3.05) is 24.7 Å². The molecule has 0 aliphatic carbocycles. The molecule has 152 valence electrons. The fourth-order valence-corrected chi connectivity index (χ4v) is 3.19. The number of carbonyl (C=O) groups excluding carboxylic acids is 3. The molecule has 0 atom stereocenters. The Hall–Kier alpha value is -3.10. The van der Waals surface area contributed by atoms with Gasteiger partial charge in [0.05, 0.1) is 23.7 Å². The number of hydrogen-bond acceptors (Lipinski definition) is 6. The molecule has 29 heavy (non-hydrogen) atoms. The molecule has 1 N–H and O–H groups in total.